The van der Waals surface area contributed by atoms with Crippen molar-refractivity contribution in [1.29, 1.82) is 0 Å². The van der Waals surface area contributed by atoms with Crippen LogP contribution in [0.4, 0.5) is 0 Å². The van der Waals surface area contributed by atoms with Gasteiger partial charge in [0.2, 0.25) is 0 Å². The first-order chi connectivity index (χ1) is 8.75. The Morgan fingerprint density at radius 2 is 2.33 bits per heavy atom. The summed E-state index contributed by atoms with van der Waals surface area (Å²) >= 11 is 0. The molecule has 0 radical (unpaired) electrons. The van der Waals surface area contributed by atoms with Crippen LogP contribution in [0.2, 0.25) is 0 Å². The molecule has 0 atom stereocenters. The van der Waals surface area contributed by atoms with E-state index in [1.165, 1.54) is 0 Å². The number of rotatable bonds is 5. The van der Waals surface area contributed by atoms with Crippen LogP contribution in [0.25, 0.3) is 0 Å². The fourth-order valence-corrected chi connectivity index (χ4v) is 1.77. The number of benzene rings is 1. The van der Waals surface area contributed by atoms with E-state index in [1.807, 2.05) is 42.0 Å². The number of amides is 1. The van der Waals surface area contributed by atoms with Crippen molar-refractivity contribution in [2.45, 2.75) is 19.9 Å². The second kappa shape index (κ2) is 6.00. The van der Waals surface area contributed by atoms with E-state index in [1.54, 1.807) is 12.5 Å². The quantitative estimate of drug-likeness (QED) is 0.817. The second-order valence-electron chi connectivity index (χ2n) is 4.28. The minimum absolute atomic E-state index is 0.00988. The Hall–Kier alpha value is -2.10. The molecule has 0 aliphatic carbocycles. The molecule has 4 nitrogen and oxygen atoms in total. The molecule has 1 aromatic carbocycles. The zero-order chi connectivity index (χ0) is 12.8. The Bertz CT molecular complexity index is 506. The topological polar surface area (TPSA) is 46.9 Å². The monoisotopic (exact) mass is 243 g/mol. The van der Waals surface area contributed by atoms with E-state index in [0.29, 0.717) is 6.54 Å². The molecular formula is C14H17N3O. The molecule has 0 unspecified atom stereocenters. The zero-order valence-corrected chi connectivity index (χ0v) is 10.5. The molecule has 0 spiro atoms. The molecule has 18 heavy (non-hydrogen) atoms. The lowest BCUT2D eigenvalue weighted by atomic mass is 10.1. The molecule has 2 aromatic rings. The predicted molar refractivity (Wildman–Crippen MR) is 70.4 cm³/mol. The van der Waals surface area contributed by atoms with Gasteiger partial charge in [-0.25, -0.2) is 4.98 Å². The van der Waals surface area contributed by atoms with Gasteiger partial charge in [-0.2, -0.15) is 0 Å². The van der Waals surface area contributed by atoms with Crippen molar-refractivity contribution in [2.24, 2.45) is 0 Å². The van der Waals surface area contributed by atoms with E-state index in [4.69, 9.17) is 0 Å². The maximum absolute atomic E-state index is 11.8. The van der Waals surface area contributed by atoms with Gasteiger partial charge in [-0.3, -0.25) is 4.79 Å². The summed E-state index contributed by atoms with van der Waals surface area (Å²) in [6, 6.07) is 7.61. The first kappa shape index (κ1) is 12.4. The van der Waals surface area contributed by atoms with Crippen LogP contribution in [0.5, 0.6) is 0 Å². The summed E-state index contributed by atoms with van der Waals surface area (Å²) in [5.41, 5.74) is 1.82. The number of carbonyl (C=O) groups excluding carboxylic acids is 1. The highest BCUT2D eigenvalue weighted by Crippen LogP contribution is 2.03. The van der Waals surface area contributed by atoms with Gasteiger partial charge in [-0.05, 0) is 25.5 Å². The van der Waals surface area contributed by atoms with Gasteiger partial charge in [-0.15, -0.1) is 0 Å². The average molecular weight is 243 g/mol. The molecule has 0 saturated heterocycles. The van der Waals surface area contributed by atoms with E-state index in [2.05, 4.69) is 10.3 Å². The van der Waals surface area contributed by atoms with Crippen molar-refractivity contribution < 1.29 is 4.79 Å². The lowest BCUT2D eigenvalue weighted by Gasteiger charge is -2.06. The molecule has 1 heterocycles. The summed E-state index contributed by atoms with van der Waals surface area (Å²) in [6.07, 6.45) is 6.35. The molecule has 1 aromatic heterocycles. The largest absolute Gasteiger partial charge is 0.352 e. The molecule has 94 valence electrons. The van der Waals surface area contributed by atoms with Crippen molar-refractivity contribution >= 4 is 5.91 Å². The number of hydrogen-bond acceptors (Lipinski definition) is 2. The van der Waals surface area contributed by atoms with Crippen LogP contribution in [0, 0.1) is 6.92 Å². The molecule has 0 fully saturated rings. The Balaban J connectivity index is 1.75. The van der Waals surface area contributed by atoms with Crippen molar-refractivity contribution in [1.82, 2.24) is 14.9 Å². The molecule has 0 saturated carbocycles. The highest BCUT2D eigenvalue weighted by atomic mass is 16.1. The predicted octanol–water partition coefficient (Wildman–Crippen LogP) is 2.01. The number of aromatic nitrogens is 2. The smallest absolute Gasteiger partial charge is 0.251 e. The van der Waals surface area contributed by atoms with Gasteiger partial charge in [0.05, 0.1) is 6.33 Å². The summed E-state index contributed by atoms with van der Waals surface area (Å²) in [4.78, 5) is 15.8. The van der Waals surface area contributed by atoms with Crippen molar-refractivity contribution in [3.63, 3.8) is 0 Å². The van der Waals surface area contributed by atoms with Crippen LogP contribution in [0.1, 0.15) is 22.3 Å². The minimum Gasteiger partial charge on any atom is -0.352 e. The number of nitrogens with one attached hydrogen (secondary N) is 1. The third-order valence-electron chi connectivity index (χ3n) is 2.72. The molecular weight excluding hydrogens is 226 g/mol. The molecule has 0 bridgehead atoms. The molecule has 1 N–H and O–H groups in total. The van der Waals surface area contributed by atoms with Crippen molar-refractivity contribution in [3.05, 3.63) is 54.1 Å². The maximum Gasteiger partial charge on any atom is 0.251 e. The van der Waals surface area contributed by atoms with Gasteiger partial charge in [0, 0.05) is 31.0 Å². The van der Waals surface area contributed by atoms with Gasteiger partial charge in [-0.1, -0.05) is 17.7 Å². The number of hydrogen-bond donors (Lipinski definition) is 1. The molecule has 4 heteroatoms. The molecule has 0 aliphatic heterocycles. The third-order valence-corrected chi connectivity index (χ3v) is 2.72. The molecule has 0 aliphatic rings. The Morgan fingerprint density at radius 1 is 1.44 bits per heavy atom. The van der Waals surface area contributed by atoms with Crippen LogP contribution in [0.15, 0.2) is 43.0 Å². The fourth-order valence-electron chi connectivity index (χ4n) is 1.77. The second-order valence-corrected chi connectivity index (χ2v) is 4.28. The number of imidazole rings is 1. The standard InChI is InChI=1S/C14H17N3O/c1-12-4-2-5-13(10-12)14(18)16-6-3-8-17-9-7-15-11-17/h2,4-5,7,9-11H,3,6,8H2,1H3,(H,16,18). The summed E-state index contributed by atoms with van der Waals surface area (Å²) in [5.74, 6) is -0.00988. The Kier molecular flexibility index (Phi) is 4.12. The van der Waals surface area contributed by atoms with Crippen LogP contribution in [0.3, 0.4) is 0 Å². The number of aryl methyl sites for hydroxylation is 2. The first-order valence-electron chi connectivity index (χ1n) is 6.06. The lowest BCUT2D eigenvalue weighted by molar-refractivity contribution is 0.0952. The summed E-state index contributed by atoms with van der Waals surface area (Å²) in [6.45, 7) is 3.52. The van der Waals surface area contributed by atoms with Crippen LogP contribution < -0.4 is 5.32 Å². The summed E-state index contributed by atoms with van der Waals surface area (Å²) in [5, 5.41) is 2.92. The minimum atomic E-state index is -0.00988. The van der Waals surface area contributed by atoms with Crippen LogP contribution >= 0.6 is 0 Å². The fraction of sp³-hybridized carbons (Fsp3) is 0.286. The lowest BCUT2D eigenvalue weighted by Crippen LogP contribution is -2.25. The van der Waals surface area contributed by atoms with Gasteiger partial charge < -0.3 is 9.88 Å². The SMILES string of the molecule is Cc1cccc(C(=O)NCCCn2ccnc2)c1. The Labute approximate surface area is 107 Å². The van der Waals surface area contributed by atoms with E-state index in [9.17, 15) is 4.79 Å². The van der Waals surface area contributed by atoms with Crippen molar-refractivity contribution in [2.75, 3.05) is 6.54 Å². The first-order valence-corrected chi connectivity index (χ1v) is 6.06. The maximum atomic E-state index is 11.8. The van der Waals surface area contributed by atoms with Gasteiger partial charge in [0.25, 0.3) is 5.91 Å². The summed E-state index contributed by atoms with van der Waals surface area (Å²) < 4.78 is 2.00. The van der Waals surface area contributed by atoms with Gasteiger partial charge in [0.1, 0.15) is 0 Å². The Morgan fingerprint density at radius 3 is 3.06 bits per heavy atom. The summed E-state index contributed by atoms with van der Waals surface area (Å²) in [7, 11) is 0. The van der Waals surface area contributed by atoms with Crippen LogP contribution in [-0.2, 0) is 6.54 Å². The van der Waals surface area contributed by atoms with E-state index < -0.39 is 0 Å². The molecule has 2 rings (SSSR count). The highest BCUT2D eigenvalue weighted by molar-refractivity contribution is 5.94. The third kappa shape index (κ3) is 3.45. The van der Waals surface area contributed by atoms with Gasteiger partial charge >= 0.3 is 0 Å². The number of carbonyl (C=O) groups is 1. The van der Waals surface area contributed by atoms with Gasteiger partial charge in [0.15, 0.2) is 0 Å². The van der Waals surface area contributed by atoms with Crippen molar-refractivity contribution in [3.8, 4) is 0 Å². The zero-order valence-electron chi connectivity index (χ0n) is 10.5. The molecule has 1 amide bonds. The highest BCUT2D eigenvalue weighted by Gasteiger charge is 2.03. The van der Waals surface area contributed by atoms with E-state index in [-0.39, 0.29) is 5.91 Å². The normalized spacial score (nSPS) is 10.3. The average Bonchev–Trinajstić information content (AvgIpc) is 2.87. The van der Waals surface area contributed by atoms with E-state index >= 15 is 0 Å². The van der Waals surface area contributed by atoms with Crippen LogP contribution in [-0.4, -0.2) is 22.0 Å². The van der Waals surface area contributed by atoms with E-state index in [0.717, 1.165) is 24.1 Å². The number of nitrogens with zero attached hydrogens (tertiary/aromatic N) is 2.